The van der Waals surface area contributed by atoms with E-state index >= 15 is 0 Å². The molecule has 0 aliphatic carbocycles. The lowest BCUT2D eigenvalue weighted by Crippen LogP contribution is -2.22. The third kappa shape index (κ3) is 4.17. The zero-order chi connectivity index (χ0) is 15.3. The second-order valence-electron chi connectivity index (χ2n) is 4.23. The fourth-order valence-electron chi connectivity index (χ4n) is 1.38. The number of rotatable bonds is 7. The second-order valence-corrected chi connectivity index (χ2v) is 6.38. The number of carbonyl (C=O) groups is 1. The molecule has 1 N–H and O–H groups in total. The molecule has 0 saturated carbocycles. The molecule has 0 amide bonds. The Kier molecular flexibility index (Phi) is 5.46. The Morgan fingerprint density at radius 1 is 1.40 bits per heavy atom. The average Bonchev–Trinajstić information content (AvgIpc) is 2.35. The molecule has 6 nitrogen and oxygen atoms in total. The highest BCUT2D eigenvalue weighted by molar-refractivity contribution is 7.89. The van der Waals surface area contributed by atoms with Crippen molar-refractivity contribution in [3.8, 4) is 5.75 Å². The van der Waals surface area contributed by atoms with Crippen molar-refractivity contribution in [2.45, 2.75) is 17.7 Å². The molecule has 0 bridgehead atoms. The van der Waals surface area contributed by atoms with E-state index in [4.69, 9.17) is 9.84 Å². The van der Waals surface area contributed by atoms with Crippen LogP contribution < -0.4 is 4.74 Å². The molecule has 0 heterocycles. The summed E-state index contributed by atoms with van der Waals surface area (Å²) in [5.74, 6) is -1.86. The van der Waals surface area contributed by atoms with Gasteiger partial charge in [0, 0.05) is 20.5 Å². The van der Waals surface area contributed by atoms with Gasteiger partial charge in [0.1, 0.15) is 0 Å². The van der Waals surface area contributed by atoms with Crippen LogP contribution in [0.4, 0.5) is 4.39 Å². The van der Waals surface area contributed by atoms with Gasteiger partial charge in [-0.15, -0.1) is 0 Å². The SMILES string of the molecule is CN(C)S(=O)(=O)c1ccc(OCCCC(=O)O)c(F)c1. The third-order valence-electron chi connectivity index (χ3n) is 2.47. The quantitative estimate of drug-likeness (QED) is 0.768. The van der Waals surface area contributed by atoms with Crippen LogP contribution in [0.5, 0.6) is 5.75 Å². The Labute approximate surface area is 116 Å². The van der Waals surface area contributed by atoms with E-state index in [0.717, 1.165) is 10.4 Å². The molecule has 1 aromatic rings. The zero-order valence-electron chi connectivity index (χ0n) is 11.2. The van der Waals surface area contributed by atoms with Crippen LogP contribution in [0.1, 0.15) is 12.8 Å². The first-order valence-corrected chi connectivity index (χ1v) is 7.26. The smallest absolute Gasteiger partial charge is 0.303 e. The van der Waals surface area contributed by atoms with Crippen molar-refractivity contribution >= 4 is 16.0 Å². The van der Waals surface area contributed by atoms with Gasteiger partial charge in [-0.1, -0.05) is 0 Å². The van der Waals surface area contributed by atoms with Gasteiger partial charge in [0.05, 0.1) is 11.5 Å². The molecule has 0 unspecified atom stereocenters. The van der Waals surface area contributed by atoms with E-state index in [1.807, 2.05) is 0 Å². The van der Waals surface area contributed by atoms with Crippen molar-refractivity contribution in [1.29, 1.82) is 0 Å². The number of ether oxygens (including phenoxy) is 1. The van der Waals surface area contributed by atoms with Crippen LogP contribution in [0.3, 0.4) is 0 Å². The van der Waals surface area contributed by atoms with Gasteiger partial charge in [-0.05, 0) is 24.6 Å². The molecule has 0 atom stereocenters. The molecule has 0 aliphatic rings. The summed E-state index contributed by atoms with van der Waals surface area (Å²) in [5.41, 5.74) is 0. The lowest BCUT2D eigenvalue weighted by Gasteiger charge is -2.12. The highest BCUT2D eigenvalue weighted by Gasteiger charge is 2.19. The van der Waals surface area contributed by atoms with Gasteiger partial charge < -0.3 is 9.84 Å². The molecule has 20 heavy (non-hydrogen) atoms. The normalized spacial score (nSPS) is 11.6. The topological polar surface area (TPSA) is 83.9 Å². The van der Waals surface area contributed by atoms with Crippen LogP contribution in [-0.4, -0.2) is 44.5 Å². The average molecular weight is 305 g/mol. The molecule has 0 saturated heterocycles. The van der Waals surface area contributed by atoms with Crippen LogP contribution in [0.15, 0.2) is 23.1 Å². The standard InChI is InChI=1S/C12H16FNO5S/c1-14(2)20(17,18)9-5-6-11(10(13)8-9)19-7-3-4-12(15)16/h5-6,8H,3-4,7H2,1-2H3,(H,15,16). The number of benzene rings is 1. The van der Waals surface area contributed by atoms with Crippen molar-refractivity contribution in [3.05, 3.63) is 24.0 Å². The number of hydrogen-bond acceptors (Lipinski definition) is 4. The summed E-state index contributed by atoms with van der Waals surface area (Å²) in [4.78, 5) is 10.1. The molecule has 1 aromatic carbocycles. The van der Waals surface area contributed by atoms with Crippen LogP contribution in [0.2, 0.25) is 0 Å². The van der Waals surface area contributed by atoms with E-state index in [9.17, 15) is 17.6 Å². The number of aliphatic carboxylic acids is 1. The predicted molar refractivity (Wildman–Crippen MR) is 69.6 cm³/mol. The number of halogens is 1. The van der Waals surface area contributed by atoms with Crippen molar-refractivity contribution < 1.29 is 27.4 Å². The number of sulfonamides is 1. The number of hydrogen-bond donors (Lipinski definition) is 1. The summed E-state index contributed by atoms with van der Waals surface area (Å²) >= 11 is 0. The van der Waals surface area contributed by atoms with Gasteiger partial charge in [0.2, 0.25) is 10.0 Å². The largest absolute Gasteiger partial charge is 0.491 e. The number of carboxylic acid groups (broad SMARTS) is 1. The summed E-state index contributed by atoms with van der Waals surface area (Å²) in [5, 5.41) is 8.44. The van der Waals surface area contributed by atoms with E-state index < -0.39 is 21.8 Å². The van der Waals surface area contributed by atoms with Gasteiger partial charge in [-0.2, -0.15) is 0 Å². The van der Waals surface area contributed by atoms with Crippen molar-refractivity contribution in [3.63, 3.8) is 0 Å². The van der Waals surface area contributed by atoms with Gasteiger partial charge in [-0.3, -0.25) is 4.79 Å². The third-order valence-corrected chi connectivity index (χ3v) is 4.29. The minimum atomic E-state index is -3.69. The maximum atomic E-state index is 13.7. The lowest BCUT2D eigenvalue weighted by atomic mass is 10.3. The molecule has 0 radical (unpaired) electrons. The van der Waals surface area contributed by atoms with Crippen molar-refractivity contribution in [1.82, 2.24) is 4.31 Å². The van der Waals surface area contributed by atoms with Crippen LogP contribution in [0, 0.1) is 5.82 Å². The van der Waals surface area contributed by atoms with Crippen molar-refractivity contribution in [2.24, 2.45) is 0 Å². The fraction of sp³-hybridized carbons (Fsp3) is 0.417. The highest BCUT2D eigenvalue weighted by Crippen LogP contribution is 2.22. The van der Waals surface area contributed by atoms with E-state index in [1.165, 1.54) is 26.2 Å². The van der Waals surface area contributed by atoms with E-state index in [1.54, 1.807) is 0 Å². The van der Waals surface area contributed by atoms with Crippen LogP contribution in [0.25, 0.3) is 0 Å². The van der Waals surface area contributed by atoms with Gasteiger partial charge in [0.15, 0.2) is 11.6 Å². The number of nitrogens with zero attached hydrogens (tertiary/aromatic N) is 1. The van der Waals surface area contributed by atoms with Gasteiger partial charge in [-0.25, -0.2) is 17.1 Å². The zero-order valence-corrected chi connectivity index (χ0v) is 12.0. The van der Waals surface area contributed by atoms with Gasteiger partial charge >= 0.3 is 5.97 Å². The van der Waals surface area contributed by atoms with E-state index in [2.05, 4.69) is 0 Å². The molecule has 112 valence electrons. The molecule has 1 rings (SSSR count). The molecular formula is C12H16FNO5S. The fourth-order valence-corrected chi connectivity index (χ4v) is 2.29. The van der Waals surface area contributed by atoms with E-state index in [0.29, 0.717) is 0 Å². The Hall–Kier alpha value is -1.67. The first-order chi connectivity index (χ1) is 9.25. The highest BCUT2D eigenvalue weighted by atomic mass is 32.2. The maximum Gasteiger partial charge on any atom is 0.303 e. The Morgan fingerprint density at radius 2 is 2.05 bits per heavy atom. The Morgan fingerprint density at radius 3 is 2.55 bits per heavy atom. The summed E-state index contributed by atoms with van der Waals surface area (Å²) in [7, 11) is -0.991. The minimum Gasteiger partial charge on any atom is -0.491 e. The first-order valence-electron chi connectivity index (χ1n) is 5.82. The molecule has 0 aliphatic heterocycles. The molecule has 8 heteroatoms. The van der Waals surface area contributed by atoms with Gasteiger partial charge in [0.25, 0.3) is 0 Å². The monoisotopic (exact) mass is 305 g/mol. The summed E-state index contributed by atoms with van der Waals surface area (Å²) in [6, 6.07) is 3.33. The van der Waals surface area contributed by atoms with Crippen molar-refractivity contribution in [2.75, 3.05) is 20.7 Å². The van der Waals surface area contributed by atoms with Crippen LogP contribution in [-0.2, 0) is 14.8 Å². The second kappa shape index (κ2) is 6.67. The maximum absolute atomic E-state index is 13.7. The lowest BCUT2D eigenvalue weighted by molar-refractivity contribution is -0.137. The molecule has 0 spiro atoms. The molecule has 0 aromatic heterocycles. The summed E-state index contributed by atoms with van der Waals surface area (Å²) in [6.45, 7) is 0.0446. The molecule has 0 fully saturated rings. The Bertz CT molecular complexity index is 586. The summed E-state index contributed by atoms with van der Waals surface area (Å²) in [6.07, 6.45) is 0.168. The van der Waals surface area contributed by atoms with E-state index in [-0.39, 0.29) is 30.1 Å². The number of carboxylic acids is 1. The van der Waals surface area contributed by atoms with Crippen LogP contribution >= 0.6 is 0 Å². The first kappa shape index (κ1) is 16.4. The summed E-state index contributed by atoms with van der Waals surface area (Å²) < 4.78 is 43.3. The molecular weight excluding hydrogens is 289 g/mol. The Balaban J connectivity index is 2.77. The predicted octanol–water partition coefficient (Wildman–Crippen LogP) is 1.32. The minimum absolute atomic E-state index is 0.0446.